The maximum absolute atomic E-state index is 2.40. The summed E-state index contributed by atoms with van der Waals surface area (Å²) in [6.45, 7) is 9.22. The number of quaternary nitrogens is 1. The van der Waals surface area contributed by atoms with Crippen LogP contribution in [-0.2, 0) is 0 Å². The van der Waals surface area contributed by atoms with Crippen molar-refractivity contribution in [2.45, 2.75) is 52.4 Å². The highest BCUT2D eigenvalue weighted by Crippen LogP contribution is 2.34. The molecule has 0 aromatic carbocycles. The monoisotopic (exact) mass is 210 g/mol. The van der Waals surface area contributed by atoms with Gasteiger partial charge in [0.25, 0.3) is 0 Å². The van der Waals surface area contributed by atoms with E-state index in [0.29, 0.717) is 0 Å². The fourth-order valence-corrected chi connectivity index (χ4v) is 3.57. The van der Waals surface area contributed by atoms with Crippen molar-refractivity contribution in [2.75, 3.05) is 19.6 Å². The standard InChI is InChI=1S/C14H27N/c1-12(2)14-7-6-13(10-14)11-15-8-4-3-5-9-15/h12-14H,3-11H2,1-2H3/p+1. The van der Waals surface area contributed by atoms with E-state index >= 15 is 0 Å². The summed E-state index contributed by atoms with van der Waals surface area (Å²) < 4.78 is 0. The maximum atomic E-state index is 2.40. The minimum atomic E-state index is 0.923. The molecule has 1 nitrogen and oxygen atoms in total. The van der Waals surface area contributed by atoms with Gasteiger partial charge in [-0.1, -0.05) is 13.8 Å². The molecule has 2 rings (SSSR count). The molecule has 0 spiro atoms. The van der Waals surface area contributed by atoms with Gasteiger partial charge in [0.15, 0.2) is 0 Å². The molecule has 1 N–H and O–H groups in total. The Morgan fingerprint density at radius 2 is 1.80 bits per heavy atom. The highest BCUT2D eigenvalue weighted by atomic mass is 15.1. The van der Waals surface area contributed by atoms with Crippen molar-refractivity contribution in [1.29, 1.82) is 0 Å². The van der Waals surface area contributed by atoms with Crippen molar-refractivity contribution in [1.82, 2.24) is 0 Å². The van der Waals surface area contributed by atoms with Crippen molar-refractivity contribution in [3.05, 3.63) is 0 Å². The normalized spacial score (nSPS) is 33.8. The van der Waals surface area contributed by atoms with Crippen molar-refractivity contribution < 1.29 is 4.90 Å². The first-order valence-electron chi connectivity index (χ1n) is 7.09. The Labute approximate surface area is 95.2 Å². The number of likely N-dealkylation sites (tertiary alicyclic amines) is 1. The second-order valence-electron chi connectivity index (χ2n) is 6.20. The van der Waals surface area contributed by atoms with Gasteiger partial charge in [-0.05, 0) is 50.4 Å². The largest absolute Gasteiger partial charge is 0.335 e. The third kappa shape index (κ3) is 3.21. The zero-order valence-corrected chi connectivity index (χ0v) is 10.6. The van der Waals surface area contributed by atoms with E-state index in [2.05, 4.69) is 13.8 Å². The molecule has 88 valence electrons. The molecule has 2 unspecified atom stereocenters. The summed E-state index contributed by atoms with van der Waals surface area (Å²) >= 11 is 0. The van der Waals surface area contributed by atoms with E-state index in [-0.39, 0.29) is 0 Å². The molecule has 0 amide bonds. The number of hydrogen-bond donors (Lipinski definition) is 1. The van der Waals surface area contributed by atoms with Gasteiger partial charge in [-0.15, -0.1) is 0 Å². The van der Waals surface area contributed by atoms with Crippen LogP contribution in [0.1, 0.15) is 52.4 Å². The predicted octanol–water partition coefficient (Wildman–Crippen LogP) is 2.13. The Morgan fingerprint density at radius 1 is 1.07 bits per heavy atom. The smallest absolute Gasteiger partial charge is 0.0799 e. The van der Waals surface area contributed by atoms with E-state index < -0.39 is 0 Å². The maximum Gasteiger partial charge on any atom is 0.0799 e. The molecule has 0 aromatic heterocycles. The number of piperidine rings is 1. The molecule has 2 atom stereocenters. The van der Waals surface area contributed by atoms with Gasteiger partial charge in [0, 0.05) is 5.92 Å². The Balaban J connectivity index is 1.71. The molecule has 2 fully saturated rings. The van der Waals surface area contributed by atoms with Crippen LogP contribution in [0.25, 0.3) is 0 Å². The summed E-state index contributed by atoms with van der Waals surface area (Å²) in [7, 11) is 0. The van der Waals surface area contributed by atoms with Gasteiger partial charge < -0.3 is 4.90 Å². The Morgan fingerprint density at radius 3 is 2.40 bits per heavy atom. The quantitative estimate of drug-likeness (QED) is 0.728. The molecule has 1 saturated heterocycles. The molecule has 1 saturated carbocycles. The van der Waals surface area contributed by atoms with E-state index in [9.17, 15) is 0 Å². The zero-order chi connectivity index (χ0) is 10.7. The summed E-state index contributed by atoms with van der Waals surface area (Å²) in [4.78, 5) is 1.91. The van der Waals surface area contributed by atoms with E-state index in [1.54, 1.807) is 0 Å². The van der Waals surface area contributed by atoms with Crippen LogP contribution >= 0.6 is 0 Å². The van der Waals surface area contributed by atoms with Gasteiger partial charge in [0.05, 0.1) is 19.6 Å². The van der Waals surface area contributed by atoms with Crippen LogP contribution in [-0.4, -0.2) is 19.6 Å². The predicted molar refractivity (Wildman–Crippen MR) is 65.1 cm³/mol. The Kier molecular flexibility index (Phi) is 4.07. The fraction of sp³-hybridized carbons (Fsp3) is 1.00. The van der Waals surface area contributed by atoms with Gasteiger partial charge in [0.2, 0.25) is 0 Å². The van der Waals surface area contributed by atoms with Crippen molar-refractivity contribution in [3.8, 4) is 0 Å². The van der Waals surface area contributed by atoms with E-state index in [0.717, 1.165) is 17.8 Å². The average molecular weight is 210 g/mol. The fourth-order valence-electron chi connectivity index (χ4n) is 3.57. The van der Waals surface area contributed by atoms with Crippen molar-refractivity contribution in [3.63, 3.8) is 0 Å². The molecule has 0 bridgehead atoms. The van der Waals surface area contributed by atoms with E-state index in [1.165, 1.54) is 58.2 Å². The lowest BCUT2D eigenvalue weighted by molar-refractivity contribution is -0.908. The molecule has 1 aliphatic heterocycles. The first kappa shape index (κ1) is 11.4. The molecule has 2 aliphatic rings. The number of rotatable bonds is 3. The summed E-state index contributed by atoms with van der Waals surface area (Å²) in [5, 5.41) is 0. The topological polar surface area (TPSA) is 4.44 Å². The second kappa shape index (κ2) is 5.34. The first-order chi connectivity index (χ1) is 7.25. The molecule has 1 aliphatic carbocycles. The van der Waals surface area contributed by atoms with Gasteiger partial charge in [0.1, 0.15) is 0 Å². The summed E-state index contributed by atoms with van der Waals surface area (Å²) in [6.07, 6.45) is 9.01. The highest BCUT2D eigenvalue weighted by molar-refractivity contribution is 4.77. The molecule has 0 radical (unpaired) electrons. The van der Waals surface area contributed by atoms with Gasteiger partial charge in [-0.2, -0.15) is 0 Å². The van der Waals surface area contributed by atoms with Crippen molar-refractivity contribution in [2.24, 2.45) is 17.8 Å². The van der Waals surface area contributed by atoms with Crippen molar-refractivity contribution >= 4 is 0 Å². The lowest BCUT2D eigenvalue weighted by Gasteiger charge is -2.26. The number of nitrogens with one attached hydrogen (secondary N) is 1. The van der Waals surface area contributed by atoms with Gasteiger partial charge >= 0.3 is 0 Å². The molecule has 0 aromatic rings. The summed E-state index contributed by atoms with van der Waals surface area (Å²) in [6, 6.07) is 0. The lowest BCUT2D eigenvalue weighted by atomic mass is 9.93. The second-order valence-corrected chi connectivity index (χ2v) is 6.20. The van der Waals surface area contributed by atoms with Crippen LogP contribution in [0.5, 0.6) is 0 Å². The zero-order valence-electron chi connectivity index (χ0n) is 10.6. The Hall–Kier alpha value is -0.0400. The SMILES string of the molecule is CC(C)C1CCC(C[NH+]2CCCCC2)C1. The minimum Gasteiger partial charge on any atom is -0.335 e. The van der Waals surface area contributed by atoms with Crippen LogP contribution in [0.15, 0.2) is 0 Å². The molecule has 1 heteroatoms. The highest BCUT2D eigenvalue weighted by Gasteiger charge is 2.29. The molecule has 15 heavy (non-hydrogen) atoms. The minimum absolute atomic E-state index is 0.923. The first-order valence-corrected chi connectivity index (χ1v) is 7.09. The third-order valence-electron chi connectivity index (χ3n) is 4.66. The summed E-state index contributed by atoms with van der Waals surface area (Å²) in [5.41, 5.74) is 0. The molecular formula is C14H28N+. The molecular weight excluding hydrogens is 182 g/mol. The van der Waals surface area contributed by atoms with Crippen LogP contribution in [0, 0.1) is 17.8 Å². The van der Waals surface area contributed by atoms with Crippen LogP contribution in [0.4, 0.5) is 0 Å². The lowest BCUT2D eigenvalue weighted by Crippen LogP contribution is -3.13. The van der Waals surface area contributed by atoms with Crippen LogP contribution in [0.2, 0.25) is 0 Å². The van der Waals surface area contributed by atoms with Crippen LogP contribution in [0.3, 0.4) is 0 Å². The van der Waals surface area contributed by atoms with Crippen LogP contribution < -0.4 is 4.90 Å². The van der Waals surface area contributed by atoms with E-state index in [1.807, 2.05) is 4.90 Å². The van der Waals surface area contributed by atoms with Gasteiger partial charge in [-0.3, -0.25) is 0 Å². The Bertz CT molecular complexity index is 182. The summed E-state index contributed by atoms with van der Waals surface area (Å²) in [5.74, 6) is 3.02. The third-order valence-corrected chi connectivity index (χ3v) is 4.66. The number of hydrogen-bond acceptors (Lipinski definition) is 0. The van der Waals surface area contributed by atoms with E-state index in [4.69, 9.17) is 0 Å². The average Bonchev–Trinajstić information content (AvgIpc) is 2.68. The van der Waals surface area contributed by atoms with Gasteiger partial charge in [-0.25, -0.2) is 0 Å². The molecule has 1 heterocycles.